The fraction of sp³-hybridized carbons (Fsp3) is 0.444. The van der Waals surface area contributed by atoms with Crippen molar-refractivity contribution in [2.45, 2.75) is 11.4 Å². The zero-order valence-corrected chi connectivity index (χ0v) is 10.4. The number of rotatable bonds is 4. The number of carbonyl (C=O) groups excluding carboxylic acids is 1. The summed E-state index contributed by atoms with van der Waals surface area (Å²) in [5.74, 6) is -0.152. The molecule has 0 aliphatic rings. The molecule has 0 bridgehead atoms. The minimum atomic E-state index is -0.616. The van der Waals surface area contributed by atoms with Crippen LogP contribution in [0.2, 0.25) is 0 Å². The molecule has 0 N–H and O–H groups in total. The third-order valence-electron chi connectivity index (χ3n) is 1.84. The van der Waals surface area contributed by atoms with Crippen LogP contribution in [0.1, 0.15) is 0 Å². The van der Waals surface area contributed by atoms with Crippen molar-refractivity contribution in [3.63, 3.8) is 0 Å². The highest BCUT2D eigenvalue weighted by Gasteiger charge is 2.17. The first-order chi connectivity index (χ1) is 7.58. The van der Waals surface area contributed by atoms with Crippen LogP contribution in [0.5, 0.6) is 5.88 Å². The van der Waals surface area contributed by atoms with Gasteiger partial charge in [-0.3, -0.25) is 9.59 Å². The molecule has 16 heavy (non-hydrogen) atoms. The molecule has 88 valence electrons. The van der Waals surface area contributed by atoms with Crippen LogP contribution in [0.4, 0.5) is 0 Å². The number of nitrogens with zero attached hydrogens (tertiary/aromatic N) is 2. The summed E-state index contributed by atoms with van der Waals surface area (Å²) >= 11 is 3.11. The van der Waals surface area contributed by atoms with Gasteiger partial charge in [0.15, 0.2) is 0 Å². The molecule has 0 saturated carbocycles. The normalized spacial score (nSPS) is 11.9. The van der Waals surface area contributed by atoms with E-state index in [1.807, 2.05) is 0 Å². The standard InChI is InChI=1S/C9H11BrN2O4/c1-15-7-3-4-8(13)12(11-7)5-6(10)9(14)16-2/h3-4,6H,5H2,1-2H3. The fourth-order valence-electron chi connectivity index (χ4n) is 1.02. The Balaban J connectivity index is 2.88. The van der Waals surface area contributed by atoms with Crippen LogP contribution < -0.4 is 10.3 Å². The van der Waals surface area contributed by atoms with Gasteiger partial charge in [0, 0.05) is 12.1 Å². The van der Waals surface area contributed by atoms with E-state index in [2.05, 4.69) is 25.8 Å². The van der Waals surface area contributed by atoms with E-state index in [-0.39, 0.29) is 12.1 Å². The molecule has 1 atom stereocenters. The number of alkyl halides is 1. The molecule has 0 fully saturated rings. The van der Waals surface area contributed by atoms with Crippen molar-refractivity contribution in [1.82, 2.24) is 9.78 Å². The molecule has 0 aromatic carbocycles. The Hall–Kier alpha value is -1.37. The van der Waals surface area contributed by atoms with Gasteiger partial charge in [-0.05, 0) is 0 Å². The molecule has 1 aromatic heterocycles. The second kappa shape index (κ2) is 5.64. The number of aromatic nitrogens is 2. The highest BCUT2D eigenvalue weighted by atomic mass is 79.9. The predicted octanol–water partition coefficient (Wildman–Crippen LogP) is 0.188. The predicted molar refractivity (Wildman–Crippen MR) is 59.8 cm³/mol. The number of methoxy groups -OCH3 is 2. The van der Waals surface area contributed by atoms with E-state index < -0.39 is 10.8 Å². The lowest BCUT2D eigenvalue weighted by Crippen LogP contribution is -2.30. The number of hydrogen-bond acceptors (Lipinski definition) is 5. The largest absolute Gasteiger partial charge is 0.480 e. The molecular weight excluding hydrogens is 280 g/mol. The first-order valence-electron chi connectivity index (χ1n) is 4.42. The summed E-state index contributed by atoms with van der Waals surface area (Å²) in [4.78, 5) is 21.9. The van der Waals surface area contributed by atoms with Gasteiger partial charge in [0.1, 0.15) is 4.83 Å². The van der Waals surface area contributed by atoms with E-state index in [0.29, 0.717) is 5.88 Å². The number of halogens is 1. The van der Waals surface area contributed by atoms with Gasteiger partial charge in [0.25, 0.3) is 5.56 Å². The topological polar surface area (TPSA) is 70.4 Å². The van der Waals surface area contributed by atoms with Gasteiger partial charge in [-0.2, -0.15) is 0 Å². The maximum absolute atomic E-state index is 11.4. The molecule has 6 nitrogen and oxygen atoms in total. The Kier molecular flexibility index (Phi) is 4.48. The highest BCUT2D eigenvalue weighted by molar-refractivity contribution is 9.10. The summed E-state index contributed by atoms with van der Waals surface area (Å²) in [6.07, 6.45) is 0. The molecule has 0 radical (unpaired) electrons. The Morgan fingerprint density at radius 1 is 1.56 bits per heavy atom. The van der Waals surface area contributed by atoms with Gasteiger partial charge in [-0.1, -0.05) is 15.9 Å². The van der Waals surface area contributed by atoms with Crippen molar-refractivity contribution in [2.24, 2.45) is 0 Å². The average Bonchev–Trinajstić information content (AvgIpc) is 2.30. The van der Waals surface area contributed by atoms with Gasteiger partial charge < -0.3 is 9.47 Å². The van der Waals surface area contributed by atoms with Crippen LogP contribution in [0.3, 0.4) is 0 Å². The van der Waals surface area contributed by atoms with E-state index in [1.54, 1.807) is 0 Å². The average molecular weight is 291 g/mol. The number of ether oxygens (including phenoxy) is 2. The molecular formula is C9H11BrN2O4. The van der Waals surface area contributed by atoms with E-state index in [0.717, 1.165) is 4.68 Å². The number of carbonyl (C=O) groups is 1. The lowest BCUT2D eigenvalue weighted by atomic mass is 10.4. The van der Waals surface area contributed by atoms with Crippen LogP contribution in [0, 0.1) is 0 Å². The van der Waals surface area contributed by atoms with Gasteiger partial charge in [-0.25, -0.2) is 4.68 Å². The molecule has 0 aliphatic heterocycles. The molecule has 0 saturated heterocycles. The first-order valence-corrected chi connectivity index (χ1v) is 5.34. The Morgan fingerprint density at radius 2 is 2.25 bits per heavy atom. The smallest absolute Gasteiger partial charge is 0.321 e. The van der Waals surface area contributed by atoms with Crippen LogP contribution >= 0.6 is 15.9 Å². The lowest BCUT2D eigenvalue weighted by Gasteiger charge is -2.09. The minimum Gasteiger partial charge on any atom is -0.480 e. The zero-order chi connectivity index (χ0) is 12.1. The maximum Gasteiger partial charge on any atom is 0.321 e. The summed E-state index contributed by atoms with van der Waals surface area (Å²) in [5, 5.41) is 3.89. The van der Waals surface area contributed by atoms with Crippen molar-refractivity contribution in [3.05, 3.63) is 22.5 Å². The van der Waals surface area contributed by atoms with Gasteiger partial charge >= 0.3 is 5.97 Å². The van der Waals surface area contributed by atoms with Crippen molar-refractivity contribution in [2.75, 3.05) is 14.2 Å². The van der Waals surface area contributed by atoms with Crippen molar-refractivity contribution < 1.29 is 14.3 Å². The van der Waals surface area contributed by atoms with E-state index in [4.69, 9.17) is 4.74 Å². The molecule has 1 rings (SSSR count). The van der Waals surface area contributed by atoms with E-state index in [1.165, 1.54) is 26.4 Å². The SMILES string of the molecule is COC(=O)C(Br)Cn1nc(OC)ccc1=O. The summed E-state index contributed by atoms with van der Waals surface area (Å²) in [6, 6.07) is 2.78. The van der Waals surface area contributed by atoms with Crippen molar-refractivity contribution in [1.29, 1.82) is 0 Å². The maximum atomic E-state index is 11.4. The fourth-order valence-corrected chi connectivity index (χ4v) is 1.49. The molecule has 7 heteroatoms. The highest BCUT2D eigenvalue weighted by Crippen LogP contribution is 2.05. The van der Waals surface area contributed by atoms with E-state index >= 15 is 0 Å². The Bertz CT molecular complexity index is 432. The van der Waals surface area contributed by atoms with Crippen LogP contribution in [-0.4, -0.2) is 34.8 Å². The number of hydrogen-bond donors (Lipinski definition) is 0. The molecule has 0 aliphatic carbocycles. The molecule has 0 spiro atoms. The monoisotopic (exact) mass is 290 g/mol. The van der Waals surface area contributed by atoms with Gasteiger partial charge in [-0.15, -0.1) is 5.10 Å². The lowest BCUT2D eigenvalue weighted by molar-refractivity contribution is -0.140. The Labute approximate surface area is 100 Å². The third kappa shape index (κ3) is 3.06. The summed E-state index contributed by atoms with van der Waals surface area (Å²) in [7, 11) is 2.72. The summed E-state index contributed by atoms with van der Waals surface area (Å²) in [6.45, 7) is 0.0860. The molecule has 0 amide bonds. The minimum absolute atomic E-state index is 0.0860. The molecule has 1 unspecified atom stereocenters. The molecule has 1 aromatic rings. The number of esters is 1. The zero-order valence-electron chi connectivity index (χ0n) is 8.84. The van der Waals surface area contributed by atoms with Gasteiger partial charge in [0.2, 0.25) is 5.88 Å². The third-order valence-corrected chi connectivity index (χ3v) is 2.50. The van der Waals surface area contributed by atoms with Crippen molar-refractivity contribution >= 4 is 21.9 Å². The summed E-state index contributed by atoms with van der Waals surface area (Å²) in [5.41, 5.74) is -0.311. The van der Waals surface area contributed by atoms with Crippen LogP contribution in [0.25, 0.3) is 0 Å². The van der Waals surface area contributed by atoms with E-state index in [9.17, 15) is 9.59 Å². The second-order valence-corrected chi connectivity index (χ2v) is 3.99. The van der Waals surface area contributed by atoms with Crippen LogP contribution in [0.15, 0.2) is 16.9 Å². The quantitative estimate of drug-likeness (QED) is 0.585. The van der Waals surface area contributed by atoms with Crippen LogP contribution in [-0.2, 0) is 16.1 Å². The van der Waals surface area contributed by atoms with Crippen molar-refractivity contribution in [3.8, 4) is 5.88 Å². The second-order valence-electron chi connectivity index (χ2n) is 2.89. The first kappa shape index (κ1) is 12.7. The molecule has 1 heterocycles. The van der Waals surface area contributed by atoms with Gasteiger partial charge in [0.05, 0.1) is 20.8 Å². The summed E-state index contributed by atoms with van der Waals surface area (Å²) < 4.78 is 10.5. The Morgan fingerprint density at radius 3 is 2.81 bits per heavy atom.